The first kappa shape index (κ1) is 28.0. The minimum Gasteiger partial charge on any atom is -0.497 e. The molecule has 0 aliphatic carbocycles. The Labute approximate surface area is 225 Å². The lowest BCUT2D eigenvalue weighted by molar-refractivity contribution is -0.139. The lowest BCUT2D eigenvalue weighted by Gasteiger charge is -2.41. The van der Waals surface area contributed by atoms with E-state index in [9.17, 15) is 18.3 Å². The van der Waals surface area contributed by atoms with Crippen LogP contribution < -0.4 is 4.74 Å². The summed E-state index contributed by atoms with van der Waals surface area (Å²) in [4.78, 5) is 6.99. The van der Waals surface area contributed by atoms with Gasteiger partial charge >= 0.3 is 6.18 Å². The van der Waals surface area contributed by atoms with Crippen molar-refractivity contribution in [2.24, 2.45) is 5.41 Å². The average Bonchev–Trinajstić information content (AvgIpc) is 2.90. The van der Waals surface area contributed by atoms with Gasteiger partial charge in [0, 0.05) is 35.4 Å². The van der Waals surface area contributed by atoms with Gasteiger partial charge in [0.05, 0.1) is 23.2 Å². The van der Waals surface area contributed by atoms with E-state index in [0.29, 0.717) is 10.8 Å². The van der Waals surface area contributed by atoms with Gasteiger partial charge in [-0.3, -0.25) is 4.98 Å². The van der Waals surface area contributed by atoms with Gasteiger partial charge in [-0.05, 0) is 86.5 Å². The first-order valence-electron chi connectivity index (χ1n) is 12.5. The molecule has 1 N–H and O–H groups in total. The molecule has 9 heteroatoms. The predicted molar refractivity (Wildman–Crippen MR) is 144 cm³/mol. The first-order valence-corrected chi connectivity index (χ1v) is 13.8. The Kier molecular flexibility index (Phi) is 9.27. The Morgan fingerprint density at radius 1 is 1.16 bits per heavy atom. The molecule has 2 heterocycles. The van der Waals surface area contributed by atoms with Crippen molar-refractivity contribution in [2.75, 3.05) is 39.1 Å². The molecule has 0 saturated carbocycles. The summed E-state index contributed by atoms with van der Waals surface area (Å²) >= 11 is 7.76. The quantitative estimate of drug-likeness (QED) is 0.272. The molecular weight excluding hydrogens is 521 g/mol. The fraction of sp³-hybridized carbons (Fsp3) is 0.464. The van der Waals surface area contributed by atoms with Gasteiger partial charge < -0.3 is 14.7 Å². The molecule has 0 bridgehead atoms. The number of rotatable bonds is 10. The second kappa shape index (κ2) is 12.2. The molecule has 0 atom stereocenters. The van der Waals surface area contributed by atoms with E-state index >= 15 is 0 Å². The van der Waals surface area contributed by atoms with Gasteiger partial charge in [-0.2, -0.15) is 13.2 Å². The second-order valence-corrected chi connectivity index (χ2v) is 11.2. The van der Waals surface area contributed by atoms with Crippen molar-refractivity contribution < 1.29 is 23.0 Å². The Bertz CT molecular complexity index is 1200. The van der Waals surface area contributed by atoms with E-state index in [2.05, 4.69) is 9.88 Å². The topological polar surface area (TPSA) is 45.6 Å². The Balaban J connectivity index is 1.29. The fourth-order valence-corrected chi connectivity index (χ4v) is 6.40. The van der Waals surface area contributed by atoms with Crippen LogP contribution in [0.25, 0.3) is 10.9 Å². The highest BCUT2D eigenvalue weighted by molar-refractivity contribution is 7.99. The van der Waals surface area contributed by atoms with Gasteiger partial charge in [0.1, 0.15) is 5.75 Å². The van der Waals surface area contributed by atoms with E-state index in [1.165, 1.54) is 23.9 Å². The highest BCUT2D eigenvalue weighted by atomic mass is 35.5. The summed E-state index contributed by atoms with van der Waals surface area (Å²) in [6.07, 6.45) is 1.64. The molecule has 2 aromatic carbocycles. The van der Waals surface area contributed by atoms with E-state index in [1.807, 2.05) is 18.2 Å². The zero-order chi connectivity index (χ0) is 26.5. The van der Waals surface area contributed by atoms with E-state index in [-0.39, 0.29) is 16.9 Å². The van der Waals surface area contributed by atoms with Crippen molar-refractivity contribution >= 4 is 34.3 Å². The van der Waals surface area contributed by atoms with Gasteiger partial charge in [0.25, 0.3) is 0 Å². The number of likely N-dealkylation sites (tertiary alicyclic amines) is 1. The van der Waals surface area contributed by atoms with Crippen LogP contribution in [0.3, 0.4) is 0 Å². The predicted octanol–water partition coefficient (Wildman–Crippen LogP) is 7.11. The number of aliphatic hydroxyl groups excluding tert-OH is 1. The van der Waals surface area contributed by atoms with E-state index in [1.54, 1.807) is 19.4 Å². The molecule has 200 valence electrons. The molecule has 1 aliphatic heterocycles. The number of hydrogen-bond donors (Lipinski definition) is 1. The molecule has 0 spiro atoms. The summed E-state index contributed by atoms with van der Waals surface area (Å²) in [6.45, 7) is 2.52. The van der Waals surface area contributed by atoms with E-state index < -0.39 is 11.7 Å². The number of methoxy groups -OCH3 is 1. The van der Waals surface area contributed by atoms with E-state index in [0.717, 1.165) is 80.0 Å². The molecule has 0 radical (unpaired) electrons. The molecule has 3 aromatic rings. The van der Waals surface area contributed by atoms with Gasteiger partial charge in [0.2, 0.25) is 0 Å². The van der Waals surface area contributed by atoms with Crippen molar-refractivity contribution in [3.8, 4) is 5.75 Å². The Hall–Kier alpha value is -2.00. The molecular formula is C28H32ClF3N2O2S. The number of ether oxygens (including phenoxy) is 1. The van der Waals surface area contributed by atoms with Crippen molar-refractivity contribution in [1.82, 2.24) is 9.88 Å². The van der Waals surface area contributed by atoms with Crippen molar-refractivity contribution in [3.63, 3.8) is 0 Å². The SMILES string of the molecule is COc1ccc2ncc(Cl)c(CCCC3(CO)CCN(CCSc4ccccc4C(F)(F)F)CC3)c2c1. The molecule has 4 nitrogen and oxygen atoms in total. The lowest BCUT2D eigenvalue weighted by atomic mass is 9.75. The van der Waals surface area contributed by atoms with Crippen molar-refractivity contribution in [3.05, 3.63) is 64.8 Å². The number of piperidine rings is 1. The number of halogens is 4. The molecule has 0 amide bonds. The normalized spacial score (nSPS) is 16.3. The zero-order valence-electron chi connectivity index (χ0n) is 20.9. The minimum atomic E-state index is -4.34. The number of pyridine rings is 1. The van der Waals surface area contributed by atoms with Crippen LogP contribution in [0.2, 0.25) is 5.02 Å². The fourth-order valence-electron chi connectivity index (χ4n) is 5.07. The maximum atomic E-state index is 13.2. The average molecular weight is 553 g/mol. The van der Waals surface area contributed by atoms with Crippen LogP contribution in [-0.4, -0.2) is 54.1 Å². The van der Waals surface area contributed by atoms with Gasteiger partial charge in [0.15, 0.2) is 0 Å². The number of hydrogen-bond acceptors (Lipinski definition) is 5. The van der Waals surface area contributed by atoms with Crippen LogP contribution >= 0.6 is 23.4 Å². The summed E-state index contributed by atoms with van der Waals surface area (Å²) < 4.78 is 45.1. The van der Waals surface area contributed by atoms with Crippen LogP contribution in [-0.2, 0) is 12.6 Å². The summed E-state index contributed by atoms with van der Waals surface area (Å²) in [5.41, 5.74) is 1.21. The van der Waals surface area contributed by atoms with E-state index in [4.69, 9.17) is 16.3 Å². The molecule has 1 aromatic heterocycles. The highest BCUT2D eigenvalue weighted by Crippen LogP contribution is 2.39. The highest BCUT2D eigenvalue weighted by Gasteiger charge is 2.34. The number of thioether (sulfide) groups is 1. The Morgan fingerprint density at radius 2 is 1.92 bits per heavy atom. The monoisotopic (exact) mass is 552 g/mol. The largest absolute Gasteiger partial charge is 0.497 e. The summed E-state index contributed by atoms with van der Waals surface area (Å²) in [6, 6.07) is 11.5. The number of aryl methyl sites for hydroxylation is 1. The summed E-state index contributed by atoms with van der Waals surface area (Å²) in [7, 11) is 1.64. The minimum absolute atomic E-state index is 0.132. The number of aromatic nitrogens is 1. The number of fused-ring (bicyclic) bond motifs is 1. The standard InChI is InChI=1S/C28H32ClF3N2O2S/c1-36-20-8-9-25-22(17-20)21(24(29)18-33-25)5-4-10-27(19-35)11-13-34(14-12-27)15-16-37-26-7-3-2-6-23(26)28(30,31)32/h2-3,6-9,17-18,35H,4-5,10-16,19H2,1H3. The maximum Gasteiger partial charge on any atom is 0.417 e. The zero-order valence-corrected chi connectivity index (χ0v) is 22.4. The van der Waals surface area contributed by atoms with Crippen LogP contribution in [0.15, 0.2) is 53.6 Å². The third kappa shape index (κ3) is 6.91. The third-order valence-electron chi connectivity index (χ3n) is 7.38. The Morgan fingerprint density at radius 3 is 2.62 bits per heavy atom. The second-order valence-electron chi connectivity index (χ2n) is 9.66. The van der Waals surface area contributed by atoms with Crippen molar-refractivity contribution in [2.45, 2.75) is 43.2 Å². The van der Waals surface area contributed by atoms with Crippen LogP contribution in [0.1, 0.15) is 36.8 Å². The first-order chi connectivity index (χ1) is 17.7. The molecule has 4 rings (SSSR count). The molecule has 37 heavy (non-hydrogen) atoms. The smallest absolute Gasteiger partial charge is 0.417 e. The summed E-state index contributed by atoms with van der Waals surface area (Å²) in [5.74, 6) is 1.35. The van der Waals surface area contributed by atoms with Crippen LogP contribution in [0.4, 0.5) is 13.2 Å². The van der Waals surface area contributed by atoms with Crippen molar-refractivity contribution in [1.29, 1.82) is 0 Å². The molecule has 0 unspecified atom stereocenters. The van der Waals surface area contributed by atoms with Gasteiger partial charge in [-0.15, -0.1) is 11.8 Å². The maximum absolute atomic E-state index is 13.2. The summed E-state index contributed by atoms with van der Waals surface area (Å²) in [5, 5.41) is 11.9. The molecule has 1 fully saturated rings. The molecule has 1 aliphatic rings. The number of alkyl halides is 3. The molecule has 1 saturated heterocycles. The van der Waals surface area contributed by atoms with Crippen LogP contribution in [0.5, 0.6) is 5.75 Å². The number of aliphatic hydroxyl groups is 1. The number of nitrogens with zero attached hydrogens (tertiary/aromatic N) is 2. The van der Waals surface area contributed by atoms with Crippen LogP contribution in [0, 0.1) is 5.41 Å². The van der Waals surface area contributed by atoms with Gasteiger partial charge in [-0.25, -0.2) is 0 Å². The number of benzene rings is 2. The van der Waals surface area contributed by atoms with Gasteiger partial charge in [-0.1, -0.05) is 23.7 Å². The lowest BCUT2D eigenvalue weighted by Crippen LogP contribution is -2.42. The third-order valence-corrected chi connectivity index (χ3v) is 8.76.